The molecule has 0 atom stereocenters. The number of urea groups is 1. The van der Waals surface area contributed by atoms with Crippen molar-refractivity contribution in [2.45, 2.75) is 33.4 Å². The van der Waals surface area contributed by atoms with Crippen LogP contribution in [0.1, 0.15) is 24.7 Å². The van der Waals surface area contributed by atoms with Crippen LogP contribution in [-0.4, -0.2) is 40.4 Å². The number of rotatable bonds is 7. The third-order valence-electron chi connectivity index (χ3n) is 5.16. The first kappa shape index (κ1) is 19.1. The number of nitrogens with zero attached hydrogens (tertiary/aromatic N) is 3. The maximum absolute atomic E-state index is 12.6. The van der Waals surface area contributed by atoms with Gasteiger partial charge in [-0.05, 0) is 50.1 Å². The van der Waals surface area contributed by atoms with Crippen molar-refractivity contribution in [3.8, 4) is 11.5 Å². The van der Waals surface area contributed by atoms with E-state index in [0.29, 0.717) is 19.6 Å². The summed E-state index contributed by atoms with van der Waals surface area (Å²) in [6.07, 6.45) is 0.842. The van der Waals surface area contributed by atoms with Crippen LogP contribution in [0.5, 0.6) is 11.5 Å². The molecule has 3 aromatic rings. The van der Waals surface area contributed by atoms with Gasteiger partial charge in [0, 0.05) is 26.2 Å². The number of aromatic nitrogens is 2. The van der Waals surface area contributed by atoms with Crippen LogP contribution in [0.4, 0.5) is 4.79 Å². The molecule has 1 aromatic heterocycles. The van der Waals surface area contributed by atoms with Crippen LogP contribution in [0.15, 0.2) is 42.5 Å². The lowest BCUT2D eigenvalue weighted by Gasteiger charge is -2.21. The molecule has 0 radical (unpaired) electrons. The second-order valence-corrected chi connectivity index (χ2v) is 7.09. The lowest BCUT2D eigenvalue weighted by atomic mass is 10.2. The number of carbonyl (C=O) groups excluding carboxylic acids is 1. The second kappa shape index (κ2) is 8.43. The average Bonchev–Trinajstić information content (AvgIpc) is 3.32. The van der Waals surface area contributed by atoms with E-state index < -0.39 is 0 Å². The first-order valence-electron chi connectivity index (χ1n) is 9.99. The van der Waals surface area contributed by atoms with Gasteiger partial charge in [0.2, 0.25) is 6.79 Å². The maximum atomic E-state index is 12.6. The van der Waals surface area contributed by atoms with Gasteiger partial charge in [-0.15, -0.1) is 0 Å². The Morgan fingerprint density at radius 1 is 1.21 bits per heavy atom. The summed E-state index contributed by atoms with van der Waals surface area (Å²) in [6, 6.07) is 13.9. The smallest absolute Gasteiger partial charge is 0.317 e. The molecule has 0 spiro atoms. The zero-order valence-corrected chi connectivity index (χ0v) is 16.9. The normalized spacial score (nSPS) is 12.3. The van der Waals surface area contributed by atoms with E-state index in [9.17, 15) is 4.79 Å². The van der Waals surface area contributed by atoms with E-state index in [2.05, 4.69) is 20.9 Å². The molecule has 1 N–H and O–H groups in total. The molecule has 1 aliphatic heterocycles. The fraction of sp³-hybridized carbons (Fsp3) is 0.364. The van der Waals surface area contributed by atoms with E-state index in [-0.39, 0.29) is 12.8 Å². The summed E-state index contributed by atoms with van der Waals surface area (Å²) >= 11 is 0. The molecule has 0 saturated carbocycles. The molecule has 29 heavy (non-hydrogen) atoms. The number of hydrogen-bond acceptors (Lipinski definition) is 4. The zero-order chi connectivity index (χ0) is 20.2. The van der Waals surface area contributed by atoms with Crippen molar-refractivity contribution in [3.05, 3.63) is 53.9 Å². The van der Waals surface area contributed by atoms with Crippen LogP contribution in [0.25, 0.3) is 11.0 Å². The monoisotopic (exact) mass is 394 g/mol. The van der Waals surface area contributed by atoms with Crippen molar-refractivity contribution in [2.75, 3.05) is 19.9 Å². The van der Waals surface area contributed by atoms with Gasteiger partial charge in [-0.2, -0.15) is 0 Å². The Hall–Kier alpha value is -3.22. The minimum Gasteiger partial charge on any atom is -0.454 e. The average molecular weight is 394 g/mol. The van der Waals surface area contributed by atoms with Crippen molar-refractivity contribution in [2.24, 2.45) is 0 Å². The summed E-state index contributed by atoms with van der Waals surface area (Å²) in [6.45, 7) is 6.85. The Balaban J connectivity index is 1.29. The predicted octanol–water partition coefficient (Wildman–Crippen LogP) is 3.70. The van der Waals surface area contributed by atoms with E-state index in [1.54, 1.807) is 4.90 Å². The molecule has 2 amide bonds. The summed E-state index contributed by atoms with van der Waals surface area (Å²) in [4.78, 5) is 19.0. The van der Waals surface area contributed by atoms with E-state index in [4.69, 9.17) is 9.47 Å². The standard InChI is InChI=1S/C22H26N4O3/c1-3-25(14-17-9-10-20-21(13-17)29-15-28-20)22(27)23-11-6-12-26-16(2)24-18-7-4-5-8-19(18)26/h4-5,7-10,13H,3,6,11-12,14-15H2,1-2H3,(H,23,27). The number of carbonyl (C=O) groups is 1. The van der Waals surface area contributed by atoms with Crippen LogP contribution in [0.2, 0.25) is 0 Å². The first-order valence-corrected chi connectivity index (χ1v) is 9.99. The van der Waals surface area contributed by atoms with E-state index in [0.717, 1.165) is 46.9 Å². The minimum absolute atomic E-state index is 0.0580. The largest absolute Gasteiger partial charge is 0.454 e. The number of aryl methyl sites for hydroxylation is 2. The molecule has 152 valence electrons. The van der Waals surface area contributed by atoms with Crippen LogP contribution < -0.4 is 14.8 Å². The number of fused-ring (bicyclic) bond motifs is 2. The SMILES string of the molecule is CCN(Cc1ccc2c(c1)OCO2)C(=O)NCCCn1c(C)nc2ccccc21. The molecular formula is C22H26N4O3. The predicted molar refractivity (Wildman–Crippen MR) is 111 cm³/mol. The number of benzene rings is 2. The highest BCUT2D eigenvalue weighted by molar-refractivity contribution is 5.76. The second-order valence-electron chi connectivity index (χ2n) is 7.09. The first-order chi connectivity index (χ1) is 14.2. The molecule has 0 bridgehead atoms. The Morgan fingerprint density at radius 3 is 2.90 bits per heavy atom. The molecule has 2 heterocycles. The maximum Gasteiger partial charge on any atom is 0.317 e. The summed E-state index contributed by atoms with van der Waals surface area (Å²) in [5.74, 6) is 2.49. The minimum atomic E-state index is -0.0580. The van der Waals surface area contributed by atoms with Crippen LogP contribution in [0.3, 0.4) is 0 Å². The lowest BCUT2D eigenvalue weighted by Crippen LogP contribution is -2.40. The molecule has 0 aliphatic carbocycles. The van der Waals surface area contributed by atoms with Crippen LogP contribution in [-0.2, 0) is 13.1 Å². The lowest BCUT2D eigenvalue weighted by molar-refractivity contribution is 0.173. The Bertz CT molecular complexity index is 1010. The Morgan fingerprint density at radius 2 is 2.03 bits per heavy atom. The molecule has 0 unspecified atom stereocenters. The van der Waals surface area contributed by atoms with Gasteiger partial charge in [-0.3, -0.25) is 0 Å². The zero-order valence-electron chi connectivity index (χ0n) is 16.9. The van der Waals surface area contributed by atoms with Gasteiger partial charge in [-0.1, -0.05) is 18.2 Å². The number of ether oxygens (including phenoxy) is 2. The summed E-state index contributed by atoms with van der Waals surface area (Å²) < 4.78 is 13.0. The van der Waals surface area contributed by atoms with Crippen molar-refractivity contribution in [1.82, 2.24) is 19.8 Å². The van der Waals surface area contributed by atoms with Crippen molar-refractivity contribution in [3.63, 3.8) is 0 Å². The Labute approximate surface area is 170 Å². The highest BCUT2D eigenvalue weighted by atomic mass is 16.7. The van der Waals surface area contributed by atoms with Crippen molar-refractivity contribution >= 4 is 17.1 Å². The highest BCUT2D eigenvalue weighted by Gasteiger charge is 2.16. The van der Waals surface area contributed by atoms with Gasteiger partial charge in [0.05, 0.1) is 11.0 Å². The van der Waals surface area contributed by atoms with Crippen molar-refractivity contribution < 1.29 is 14.3 Å². The van der Waals surface area contributed by atoms with Gasteiger partial charge >= 0.3 is 6.03 Å². The van der Waals surface area contributed by atoms with E-state index in [1.165, 1.54) is 0 Å². The van der Waals surface area contributed by atoms with Gasteiger partial charge in [-0.25, -0.2) is 9.78 Å². The van der Waals surface area contributed by atoms with E-state index >= 15 is 0 Å². The number of imidazole rings is 1. The number of hydrogen-bond donors (Lipinski definition) is 1. The van der Waals surface area contributed by atoms with Gasteiger partial charge in [0.1, 0.15) is 5.82 Å². The third kappa shape index (κ3) is 4.13. The number of nitrogens with one attached hydrogen (secondary N) is 1. The molecule has 0 fully saturated rings. The molecule has 4 rings (SSSR count). The topological polar surface area (TPSA) is 68.6 Å². The van der Waals surface area contributed by atoms with E-state index in [1.807, 2.05) is 50.2 Å². The molecule has 7 nitrogen and oxygen atoms in total. The summed E-state index contributed by atoms with van der Waals surface area (Å²) in [5, 5.41) is 3.03. The fourth-order valence-corrected chi connectivity index (χ4v) is 3.61. The van der Waals surface area contributed by atoms with Crippen LogP contribution >= 0.6 is 0 Å². The molecule has 2 aromatic carbocycles. The highest BCUT2D eigenvalue weighted by Crippen LogP contribution is 2.32. The molecule has 0 saturated heterocycles. The summed E-state index contributed by atoms with van der Waals surface area (Å²) in [7, 11) is 0. The fourth-order valence-electron chi connectivity index (χ4n) is 3.61. The number of para-hydroxylation sites is 2. The quantitative estimate of drug-likeness (QED) is 0.621. The third-order valence-corrected chi connectivity index (χ3v) is 5.16. The summed E-state index contributed by atoms with van der Waals surface area (Å²) in [5.41, 5.74) is 3.16. The Kier molecular flexibility index (Phi) is 5.55. The molecule has 1 aliphatic rings. The molecule has 7 heteroatoms. The van der Waals surface area contributed by atoms with Gasteiger partial charge < -0.3 is 24.3 Å². The van der Waals surface area contributed by atoms with Gasteiger partial charge in [0.15, 0.2) is 11.5 Å². The van der Waals surface area contributed by atoms with Crippen molar-refractivity contribution in [1.29, 1.82) is 0 Å². The van der Waals surface area contributed by atoms with Crippen LogP contribution in [0, 0.1) is 6.92 Å². The van der Waals surface area contributed by atoms with Gasteiger partial charge in [0.25, 0.3) is 0 Å². The molecular weight excluding hydrogens is 368 g/mol. The number of amides is 2.